The Morgan fingerprint density at radius 1 is 0.618 bits per heavy atom. The molecule has 0 N–H and O–H groups in total. The Morgan fingerprint density at radius 3 is 1.68 bits per heavy atom. The first-order valence-corrected chi connectivity index (χ1v) is 26.4. The molecule has 0 radical (unpaired) electrons. The van der Waals surface area contributed by atoms with E-state index in [1.54, 1.807) is 20.8 Å². The maximum absolute atomic E-state index is 11.9. The molecule has 0 aromatic carbocycles. The lowest BCUT2D eigenvalue weighted by Crippen LogP contribution is -2.52. The molecule has 76 heavy (non-hydrogen) atoms. The summed E-state index contributed by atoms with van der Waals surface area (Å²) in [5.74, 6) is 0.337. The van der Waals surface area contributed by atoms with Crippen molar-refractivity contribution in [2.24, 2.45) is 53.3 Å². The quantitative estimate of drug-likeness (QED) is 0.0686. The van der Waals surface area contributed by atoms with Crippen molar-refractivity contribution in [1.29, 1.82) is 0 Å². The van der Waals surface area contributed by atoms with E-state index in [1.807, 2.05) is 0 Å². The summed E-state index contributed by atoms with van der Waals surface area (Å²) in [5.41, 5.74) is 1.47. The number of carbonyl (C=O) groups excluding carboxylic acids is 8. The summed E-state index contributed by atoms with van der Waals surface area (Å²) in [4.78, 5) is 91.0. The van der Waals surface area contributed by atoms with Crippen molar-refractivity contribution in [2.75, 3.05) is 13.2 Å². The lowest BCUT2D eigenvalue weighted by molar-refractivity contribution is -0.213. The Balaban J connectivity index is 0.000000180. The number of rotatable bonds is 14. The van der Waals surface area contributed by atoms with E-state index < -0.39 is 42.9 Å². The van der Waals surface area contributed by atoms with E-state index in [0.29, 0.717) is 35.2 Å². The highest BCUT2D eigenvalue weighted by Gasteiger charge is 2.63. The largest absolute Gasteiger partial charge is 0.462 e. The predicted molar refractivity (Wildman–Crippen MR) is 268 cm³/mol. The molecule has 3 heterocycles. The lowest BCUT2D eigenvalue weighted by atomic mass is 9.54. The van der Waals surface area contributed by atoms with Gasteiger partial charge in [-0.05, 0) is 149 Å². The van der Waals surface area contributed by atoms with Crippen LogP contribution in [0.2, 0.25) is 0 Å². The molecule has 10 bridgehead atoms. The number of hydrogen-bond acceptors (Lipinski definition) is 16. The molecule has 8 saturated carbocycles. The second-order valence-corrected chi connectivity index (χ2v) is 22.5. The van der Waals surface area contributed by atoms with Gasteiger partial charge in [-0.1, -0.05) is 46.2 Å². The van der Waals surface area contributed by atoms with Crippen LogP contribution in [0.15, 0.2) is 60.8 Å². The third-order valence-corrected chi connectivity index (χ3v) is 15.6. The van der Waals surface area contributed by atoms with E-state index in [-0.39, 0.29) is 88.6 Å². The van der Waals surface area contributed by atoms with Gasteiger partial charge in [0.2, 0.25) is 0 Å². The third kappa shape index (κ3) is 16.1. The zero-order valence-corrected chi connectivity index (χ0v) is 45.1. The van der Waals surface area contributed by atoms with Gasteiger partial charge < -0.3 is 37.9 Å². The first-order chi connectivity index (χ1) is 35.5. The van der Waals surface area contributed by atoms with Crippen LogP contribution < -0.4 is 0 Å². The summed E-state index contributed by atoms with van der Waals surface area (Å²) >= 11 is 0. The summed E-state index contributed by atoms with van der Waals surface area (Å²) < 4.78 is 76.3. The van der Waals surface area contributed by atoms with Gasteiger partial charge in [-0.3, -0.25) is 9.59 Å². The van der Waals surface area contributed by atoms with Crippen LogP contribution in [0.3, 0.4) is 0 Å². The predicted octanol–water partition coefficient (Wildman–Crippen LogP) is 9.47. The molecular weight excluding hydrogens is 998 g/mol. The Hall–Kier alpha value is -5.75. The summed E-state index contributed by atoms with van der Waals surface area (Å²) in [7, 11) is 0. The van der Waals surface area contributed by atoms with Crippen molar-refractivity contribution in [3.8, 4) is 0 Å². The van der Waals surface area contributed by atoms with Gasteiger partial charge in [0, 0.05) is 45.6 Å². The summed E-state index contributed by atoms with van der Waals surface area (Å²) in [6.07, 6.45) is 6.74. The minimum atomic E-state index is -4.51. The molecule has 8 aliphatic carbocycles. The SMILES string of the molecule is C=C(C)C(=O)OC(C)C(F)(F)F.C=C(C)C(=O)OC12CC3CC(CC(C3)C1)C2.C=C(C)C(=O)OC1C2CC3C(=O)OC1C3C2.C=C(C)C(=O)OCC(=O)OC1C2CC3CC(C2)C(=O)OC1C3.C=C(C)C(=O)OCCCC. The average molecular weight is 1080 g/mol. The summed E-state index contributed by atoms with van der Waals surface area (Å²) in [5, 5.41) is 0. The Kier molecular flexibility index (Phi) is 21.0. The molecule has 0 spiro atoms. The zero-order valence-electron chi connectivity index (χ0n) is 45.1. The molecular formula is C57H77F3O16. The van der Waals surface area contributed by atoms with Crippen LogP contribution in [0.4, 0.5) is 13.2 Å². The second kappa shape index (κ2) is 26.1. The van der Waals surface area contributed by atoms with E-state index in [2.05, 4.69) is 44.6 Å². The van der Waals surface area contributed by atoms with E-state index in [4.69, 9.17) is 33.2 Å². The van der Waals surface area contributed by atoms with Crippen molar-refractivity contribution >= 4 is 47.8 Å². The molecule has 11 aliphatic rings. The highest BCUT2D eigenvalue weighted by Crippen LogP contribution is 2.58. The highest BCUT2D eigenvalue weighted by molar-refractivity contribution is 5.89. The zero-order chi connectivity index (χ0) is 56.6. The van der Waals surface area contributed by atoms with Crippen molar-refractivity contribution in [2.45, 2.75) is 181 Å². The van der Waals surface area contributed by atoms with Crippen LogP contribution in [0.25, 0.3) is 0 Å². The van der Waals surface area contributed by atoms with Crippen molar-refractivity contribution in [3.05, 3.63) is 60.8 Å². The molecule has 19 heteroatoms. The topological polar surface area (TPSA) is 210 Å². The molecule has 11 rings (SSSR count). The van der Waals surface area contributed by atoms with Crippen LogP contribution in [-0.4, -0.2) is 103 Å². The Morgan fingerprint density at radius 2 is 1.16 bits per heavy atom. The number of hydrogen-bond donors (Lipinski definition) is 0. The van der Waals surface area contributed by atoms with Crippen LogP contribution >= 0.6 is 0 Å². The fourth-order valence-electron chi connectivity index (χ4n) is 12.4. The number of ether oxygens (including phenoxy) is 8. The number of unbranched alkanes of at least 4 members (excludes halogenated alkanes) is 1. The van der Waals surface area contributed by atoms with Gasteiger partial charge in [0.1, 0.15) is 30.0 Å². The second-order valence-electron chi connectivity index (χ2n) is 22.5. The molecule has 3 saturated heterocycles. The number of halogens is 3. The van der Waals surface area contributed by atoms with Crippen molar-refractivity contribution < 1.29 is 89.4 Å². The van der Waals surface area contributed by atoms with Crippen molar-refractivity contribution in [1.82, 2.24) is 0 Å². The van der Waals surface area contributed by atoms with Crippen LogP contribution in [0, 0.1) is 53.3 Å². The van der Waals surface area contributed by atoms with E-state index in [9.17, 15) is 51.5 Å². The first-order valence-electron chi connectivity index (χ1n) is 26.4. The minimum Gasteiger partial charge on any atom is -0.462 e. The molecule has 16 nitrogen and oxygen atoms in total. The number of fused-ring (bicyclic) bond motifs is 2. The Labute approximate surface area is 443 Å². The third-order valence-electron chi connectivity index (χ3n) is 15.6. The van der Waals surface area contributed by atoms with Gasteiger partial charge in [-0.15, -0.1) is 0 Å². The van der Waals surface area contributed by atoms with E-state index >= 15 is 0 Å². The lowest BCUT2D eigenvalue weighted by Gasteiger charge is -2.55. The molecule has 0 amide bonds. The molecule has 11 unspecified atom stereocenters. The van der Waals surface area contributed by atoms with Crippen LogP contribution in [0.1, 0.15) is 138 Å². The van der Waals surface area contributed by atoms with Crippen LogP contribution in [-0.2, 0) is 76.3 Å². The summed E-state index contributed by atoms with van der Waals surface area (Å²) in [6.45, 7) is 28.0. The molecule has 11 atom stereocenters. The van der Waals surface area contributed by atoms with E-state index in [0.717, 1.165) is 95.3 Å². The van der Waals surface area contributed by atoms with Crippen LogP contribution in [0.5, 0.6) is 0 Å². The smallest absolute Gasteiger partial charge is 0.425 e. The first kappa shape index (κ1) is 61.1. The monoisotopic (exact) mass is 1070 g/mol. The van der Waals surface area contributed by atoms with Gasteiger partial charge in [0.05, 0.1) is 18.4 Å². The Bertz CT molecular complexity index is 2250. The standard InChI is InChI=1S/C16H20O6.C14H20O2.C12H14O4.C8H14O2.C7H9F3O2/c1-8(2)15(18)20-7-13(17)22-14-10-3-9-4-11(6-10)16(19)21-12(14)5-9;1-9(2)13(15)16-14-6-10-3-11(7-14)5-12(4-10)8-14;1-5(2)11(13)15-9-6-3-7-8(4-6)12(14)16-10(7)9;1-4-5-6-10-8(9)7(2)3;1-4(2)6(11)12-5(3)7(8,9)10/h9-12,14H,1,3-7H2,2H3;10-12H,1,3-8H2,2H3;6-10H,1,3-4H2,2H3;2,4-6H2,1,3H3;5H,1H2,2-3H3. The number of carbonyl (C=O) groups is 8. The molecule has 0 aromatic rings. The van der Waals surface area contributed by atoms with Gasteiger partial charge in [0.15, 0.2) is 12.7 Å². The minimum absolute atomic E-state index is 0.0499. The molecule has 3 aliphatic heterocycles. The van der Waals surface area contributed by atoms with Gasteiger partial charge in [0.25, 0.3) is 0 Å². The fourth-order valence-corrected chi connectivity index (χ4v) is 12.4. The summed E-state index contributed by atoms with van der Waals surface area (Å²) in [6, 6.07) is 0. The van der Waals surface area contributed by atoms with Crippen molar-refractivity contribution in [3.63, 3.8) is 0 Å². The highest BCUT2D eigenvalue weighted by atomic mass is 19.4. The number of alkyl halides is 3. The average Bonchev–Trinajstić information content (AvgIpc) is 3.93. The van der Waals surface area contributed by atoms with Gasteiger partial charge in [-0.2, -0.15) is 13.2 Å². The number of esters is 8. The van der Waals surface area contributed by atoms with E-state index in [1.165, 1.54) is 33.1 Å². The molecule has 11 fully saturated rings. The van der Waals surface area contributed by atoms with Gasteiger partial charge >= 0.3 is 53.9 Å². The molecule has 0 aromatic heterocycles. The maximum atomic E-state index is 11.9. The van der Waals surface area contributed by atoms with Gasteiger partial charge in [-0.25, -0.2) is 28.8 Å². The maximum Gasteiger partial charge on any atom is 0.425 e. The molecule has 422 valence electrons. The normalized spacial score (nSPS) is 32.1. The fraction of sp³-hybridized carbons (Fsp3) is 0.684.